The van der Waals surface area contributed by atoms with Gasteiger partial charge in [0.15, 0.2) is 0 Å². The van der Waals surface area contributed by atoms with Crippen LogP contribution in [-0.4, -0.2) is 18.8 Å². The zero-order chi connectivity index (χ0) is 6.15. The van der Waals surface area contributed by atoms with Crippen LogP contribution in [0.15, 0.2) is 0 Å². The summed E-state index contributed by atoms with van der Waals surface area (Å²) in [6, 6.07) is 0.269. The van der Waals surface area contributed by atoms with Gasteiger partial charge < -0.3 is 10.5 Å². The van der Waals surface area contributed by atoms with E-state index < -0.39 is 0 Å². The van der Waals surface area contributed by atoms with Crippen LogP contribution in [0.4, 0.5) is 0 Å². The smallest absolute Gasteiger partial charge is 0.0624 e. The Morgan fingerprint density at radius 2 is 2.12 bits per heavy atom. The molecule has 0 aromatic rings. The number of nitrogens with two attached hydrogens (primary N) is 1. The zero-order valence-electron chi connectivity index (χ0n) is 5.42. The third-order valence-electron chi connectivity index (χ3n) is 1.97. The van der Waals surface area contributed by atoms with E-state index in [0.29, 0.717) is 12.0 Å². The van der Waals surface area contributed by atoms with Gasteiger partial charge in [-0.3, -0.25) is 0 Å². The number of ether oxygens (including phenoxy) is 1. The number of hydrogen-bond donors (Lipinski definition) is 1. The molecule has 0 aromatic carbocycles. The van der Waals surface area contributed by atoms with E-state index in [1.807, 2.05) is 0 Å². The lowest BCUT2D eigenvalue weighted by atomic mass is 10.0. The van der Waals surface area contributed by atoms with E-state index >= 15 is 0 Å². The van der Waals surface area contributed by atoms with Gasteiger partial charge in [0.25, 0.3) is 0 Å². The van der Waals surface area contributed by atoms with E-state index in [2.05, 4.69) is 13.8 Å². The summed E-state index contributed by atoms with van der Waals surface area (Å²) in [7, 11) is 0. The van der Waals surface area contributed by atoms with Crippen LogP contribution in [0.5, 0.6) is 0 Å². The number of hydrogen-bond acceptors (Lipinski definition) is 2. The SMILES string of the molecule is CC1OC[C@H](N)[C@@H]1C. The molecule has 8 heavy (non-hydrogen) atoms. The lowest BCUT2D eigenvalue weighted by Gasteiger charge is -2.09. The first-order chi connectivity index (χ1) is 3.72. The van der Waals surface area contributed by atoms with Gasteiger partial charge in [-0.15, -0.1) is 0 Å². The molecule has 2 heteroatoms. The normalized spacial score (nSPS) is 47.6. The fourth-order valence-corrected chi connectivity index (χ4v) is 0.915. The van der Waals surface area contributed by atoms with Crippen LogP contribution in [0.25, 0.3) is 0 Å². The van der Waals surface area contributed by atoms with E-state index in [0.717, 1.165) is 6.61 Å². The summed E-state index contributed by atoms with van der Waals surface area (Å²) < 4.78 is 5.25. The molecule has 0 radical (unpaired) electrons. The molecule has 1 heterocycles. The quantitative estimate of drug-likeness (QED) is 0.495. The van der Waals surface area contributed by atoms with Crippen LogP contribution < -0.4 is 5.73 Å². The minimum atomic E-state index is 0.269. The van der Waals surface area contributed by atoms with Crippen molar-refractivity contribution >= 4 is 0 Å². The molecule has 0 bridgehead atoms. The van der Waals surface area contributed by atoms with Gasteiger partial charge in [-0.2, -0.15) is 0 Å². The van der Waals surface area contributed by atoms with Gasteiger partial charge in [-0.1, -0.05) is 6.92 Å². The predicted octanol–water partition coefficient (Wildman–Crippen LogP) is 0.368. The molecule has 2 nitrogen and oxygen atoms in total. The molecular weight excluding hydrogens is 102 g/mol. The van der Waals surface area contributed by atoms with Crippen molar-refractivity contribution in [2.45, 2.75) is 26.0 Å². The van der Waals surface area contributed by atoms with Crippen molar-refractivity contribution in [3.8, 4) is 0 Å². The van der Waals surface area contributed by atoms with Crippen molar-refractivity contribution in [3.63, 3.8) is 0 Å². The fraction of sp³-hybridized carbons (Fsp3) is 1.00. The van der Waals surface area contributed by atoms with Crippen molar-refractivity contribution in [1.82, 2.24) is 0 Å². The van der Waals surface area contributed by atoms with Crippen LogP contribution >= 0.6 is 0 Å². The first kappa shape index (κ1) is 6.05. The molecule has 1 aliphatic heterocycles. The Balaban J connectivity index is 2.44. The van der Waals surface area contributed by atoms with Gasteiger partial charge in [0, 0.05) is 6.04 Å². The maximum absolute atomic E-state index is 5.64. The maximum Gasteiger partial charge on any atom is 0.0624 e. The Morgan fingerprint density at radius 3 is 2.25 bits per heavy atom. The highest BCUT2D eigenvalue weighted by molar-refractivity contribution is 4.79. The molecule has 1 saturated heterocycles. The summed E-state index contributed by atoms with van der Waals surface area (Å²) in [5.74, 6) is 0.537. The molecule has 0 spiro atoms. The standard InChI is InChI=1S/C6H13NO/c1-4-5(2)8-3-6(4)7/h4-6H,3,7H2,1-2H3/t4-,5?,6+/m1/s1. The Hall–Kier alpha value is -0.0800. The minimum Gasteiger partial charge on any atom is -0.377 e. The lowest BCUT2D eigenvalue weighted by Crippen LogP contribution is -2.28. The third kappa shape index (κ3) is 0.858. The van der Waals surface area contributed by atoms with Gasteiger partial charge in [0.2, 0.25) is 0 Å². The largest absolute Gasteiger partial charge is 0.377 e. The van der Waals surface area contributed by atoms with Crippen LogP contribution in [0.1, 0.15) is 13.8 Å². The second kappa shape index (κ2) is 2.03. The predicted molar refractivity (Wildman–Crippen MR) is 32.6 cm³/mol. The molecule has 0 aromatic heterocycles. The summed E-state index contributed by atoms with van der Waals surface area (Å²) in [6.45, 7) is 4.93. The summed E-state index contributed by atoms with van der Waals surface area (Å²) in [4.78, 5) is 0. The lowest BCUT2D eigenvalue weighted by molar-refractivity contribution is 0.109. The molecule has 2 N–H and O–H groups in total. The first-order valence-corrected chi connectivity index (χ1v) is 3.09. The topological polar surface area (TPSA) is 35.2 Å². The van der Waals surface area contributed by atoms with Crippen molar-refractivity contribution in [2.75, 3.05) is 6.61 Å². The summed E-state index contributed by atoms with van der Waals surface area (Å²) >= 11 is 0. The van der Waals surface area contributed by atoms with Crippen LogP contribution in [0.2, 0.25) is 0 Å². The minimum absolute atomic E-state index is 0.269. The Kier molecular flexibility index (Phi) is 1.54. The van der Waals surface area contributed by atoms with Gasteiger partial charge in [0.05, 0.1) is 12.7 Å². The molecule has 48 valence electrons. The Morgan fingerprint density at radius 1 is 1.50 bits per heavy atom. The third-order valence-corrected chi connectivity index (χ3v) is 1.97. The average Bonchev–Trinajstić information content (AvgIpc) is 1.98. The van der Waals surface area contributed by atoms with Crippen molar-refractivity contribution < 1.29 is 4.74 Å². The van der Waals surface area contributed by atoms with E-state index in [-0.39, 0.29) is 6.04 Å². The van der Waals surface area contributed by atoms with Gasteiger partial charge in [-0.25, -0.2) is 0 Å². The van der Waals surface area contributed by atoms with Crippen LogP contribution in [-0.2, 0) is 4.74 Å². The second-order valence-electron chi connectivity index (χ2n) is 2.56. The van der Waals surface area contributed by atoms with Crippen molar-refractivity contribution in [1.29, 1.82) is 0 Å². The average molecular weight is 115 g/mol. The van der Waals surface area contributed by atoms with E-state index in [9.17, 15) is 0 Å². The molecule has 0 aliphatic carbocycles. The van der Waals surface area contributed by atoms with Gasteiger partial charge in [-0.05, 0) is 12.8 Å². The van der Waals surface area contributed by atoms with Crippen molar-refractivity contribution in [2.24, 2.45) is 11.7 Å². The maximum atomic E-state index is 5.64. The van der Waals surface area contributed by atoms with Gasteiger partial charge in [0.1, 0.15) is 0 Å². The summed E-state index contributed by atoms with van der Waals surface area (Å²) in [5, 5.41) is 0. The summed E-state index contributed by atoms with van der Waals surface area (Å²) in [6.07, 6.45) is 0.366. The molecule has 0 amide bonds. The molecule has 0 saturated carbocycles. The van der Waals surface area contributed by atoms with Crippen LogP contribution in [0.3, 0.4) is 0 Å². The highest BCUT2D eigenvalue weighted by Gasteiger charge is 2.26. The molecule has 1 fully saturated rings. The highest BCUT2D eigenvalue weighted by atomic mass is 16.5. The molecule has 3 atom stereocenters. The Bertz CT molecular complexity index is 74.6. The highest BCUT2D eigenvalue weighted by Crippen LogP contribution is 2.17. The van der Waals surface area contributed by atoms with E-state index in [4.69, 9.17) is 10.5 Å². The summed E-state index contributed by atoms with van der Waals surface area (Å²) in [5.41, 5.74) is 5.64. The van der Waals surface area contributed by atoms with Gasteiger partial charge >= 0.3 is 0 Å². The molecule has 1 unspecified atom stereocenters. The monoisotopic (exact) mass is 115 g/mol. The van der Waals surface area contributed by atoms with Crippen molar-refractivity contribution in [3.05, 3.63) is 0 Å². The fourth-order valence-electron chi connectivity index (χ4n) is 0.915. The molecular formula is C6H13NO. The Labute approximate surface area is 50.0 Å². The van der Waals surface area contributed by atoms with E-state index in [1.165, 1.54) is 0 Å². The van der Waals surface area contributed by atoms with E-state index in [1.54, 1.807) is 0 Å². The first-order valence-electron chi connectivity index (χ1n) is 3.09. The zero-order valence-corrected chi connectivity index (χ0v) is 5.42. The van der Waals surface area contributed by atoms with Crippen LogP contribution in [0, 0.1) is 5.92 Å². The second-order valence-corrected chi connectivity index (χ2v) is 2.56. The molecule has 1 rings (SSSR count). The number of rotatable bonds is 0. The molecule has 1 aliphatic rings.